The largest absolute Gasteiger partial charge is 0.489 e. The van der Waals surface area contributed by atoms with Gasteiger partial charge in [0, 0.05) is 5.56 Å². The first-order chi connectivity index (χ1) is 8.25. The van der Waals surface area contributed by atoms with Crippen LogP contribution < -0.4 is 10.5 Å². The average molecular weight is 299 g/mol. The van der Waals surface area contributed by atoms with Crippen molar-refractivity contribution in [3.63, 3.8) is 0 Å². The number of rotatable bonds is 4. The summed E-state index contributed by atoms with van der Waals surface area (Å²) in [6.07, 6.45) is 0. The quantitative estimate of drug-likeness (QED) is 0.671. The van der Waals surface area contributed by atoms with E-state index in [2.05, 4.69) is 0 Å². The molecule has 0 spiro atoms. The topological polar surface area (TPSA) is 59.1 Å². The zero-order valence-electron chi connectivity index (χ0n) is 10.2. The van der Waals surface area contributed by atoms with Gasteiger partial charge in [0.05, 0.1) is 0 Å². The lowest BCUT2D eigenvalue weighted by atomic mass is 10.1. The number of hydrogen-bond acceptors (Lipinski definition) is 2. The van der Waals surface area contributed by atoms with E-state index in [9.17, 15) is 0 Å². The Morgan fingerprint density at radius 1 is 0.947 bits per heavy atom. The average Bonchev–Trinajstić information content (AvgIpc) is 2.38. The summed E-state index contributed by atoms with van der Waals surface area (Å²) >= 11 is 0. The van der Waals surface area contributed by atoms with Gasteiger partial charge in [-0.05, 0) is 17.7 Å². The molecule has 2 aromatic rings. The van der Waals surface area contributed by atoms with Gasteiger partial charge in [-0.25, -0.2) is 0 Å². The number of ether oxygens (including phenoxy) is 1. The zero-order chi connectivity index (χ0) is 12.1. The Morgan fingerprint density at radius 3 is 2.05 bits per heavy atom. The minimum absolute atomic E-state index is 0. The van der Waals surface area contributed by atoms with Crippen molar-refractivity contribution in [2.24, 2.45) is 5.73 Å². The number of benzene rings is 2. The summed E-state index contributed by atoms with van der Waals surface area (Å²) < 4.78 is 5.61. The highest BCUT2D eigenvalue weighted by Gasteiger charge is 1.98. The number of nitrogen functional groups attached to an aromatic ring is 1. The molecule has 3 N–H and O–H groups in total. The Kier molecular flexibility index (Phi) is 7.65. The van der Waals surface area contributed by atoms with Crippen LogP contribution >= 0.6 is 24.8 Å². The van der Waals surface area contributed by atoms with Gasteiger partial charge < -0.3 is 10.5 Å². The van der Waals surface area contributed by atoms with E-state index in [-0.39, 0.29) is 30.6 Å². The van der Waals surface area contributed by atoms with Gasteiger partial charge in [-0.1, -0.05) is 42.5 Å². The van der Waals surface area contributed by atoms with E-state index in [1.807, 2.05) is 54.6 Å². The van der Waals surface area contributed by atoms with Crippen LogP contribution in [0.2, 0.25) is 0 Å². The molecule has 0 amide bonds. The van der Waals surface area contributed by atoms with Crippen molar-refractivity contribution in [2.45, 2.75) is 6.61 Å². The molecular formula is C14H16Cl2N2O. The molecule has 0 saturated heterocycles. The second kappa shape index (κ2) is 8.40. The van der Waals surface area contributed by atoms with E-state index in [0.29, 0.717) is 6.61 Å². The number of hydrogen-bond donors (Lipinski definition) is 2. The predicted octanol–water partition coefficient (Wildman–Crippen LogP) is 3.39. The van der Waals surface area contributed by atoms with Crippen LogP contribution in [0, 0.1) is 5.41 Å². The molecule has 0 radical (unpaired) electrons. The van der Waals surface area contributed by atoms with Crippen LogP contribution in [-0.2, 0) is 6.61 Å². The highest BCUT2D eigenvalue weighted by Crippen LogP contribution is 2.12. The standard InChI is InChI=1S/C14H14N2O.2ClH/c15-14(16)12-8-6-11(7-9-12)10-17-13-4-2-1-3-5-13;;/h1-9H,10H2,(H3,15,16);2*1H. The van der Waals surface area contributed by atoms with Crippen molar-refractivity contribution in [1.82, 2.24) is 0 Å². The maximum absolute atomic E-state index is 7.29. The predicted molar refractivity (Wildman–Crippen MR) is 82.7 cm³/mol. The maximum Gasteiger partial charge on any atom is 0.122 e. The molecule has 102 valence electrons. The fraction of sp³-hybridized carbons (Fsp3) is 0.0714. The van der Waals surface area contributed by atoms with Gasteiger partial charge in [-0.2, -0.15) is 0 Å². The Balaban J connectivity index is 0.00000162. The first-order valence-electron chi connectivity index (χ1n) is 5.37. The van der Waals surface area contributed by atoms with Crippen LogP contribution in [0.15, 0.2) is 54.6 Å². The lowest BCUT2D eigenvalue weighted by molar-refractivity contribution is 0.306. The van der Waals surface area contributed by atoms with Crippen LogP contribution in [0.5, 0.6) is 5.75 Å². The molecule has 0 aliphatic carbocycles. The van der Waals surface area contributed by atoms with Gasteiger partial charge in [0.2, 0.25) is 0 Å². The smallest absolute Gasteiger partial charge is 0.122 e. The molecule has 2 aromatic carbocycles. The highest BCUT2D eigenvalue weighted by atomic mass is 35.5. The third kappa shape index (κ3) is 5.20. The Morgan fingerprint density at radius 2 is 1.53 bits per heavy atom. The van der Waals surface area contributed by atoms with E-state index in [0.717, 1.165) is 16.9 Å². The van der Waals surface area contributed by atoms with Gasteiger partial charge in [0.25, 0.3) is 0 Å². The molecule has 5 heteroatoms. The van der Waals surface area contributed by atoms with E-state index >= 15 is 0 Å². The first-order valence-corrected chi connectivity index (χ1v) is 5.37. The summed E-state index contributed by atoms with van der Waals surface area (Å²) in [5.41, 5.74) is 7.17. The summed E-state index contributed by atoms with van der Waals surface area (Å²) in [6.45, 7) is 0.516. The molecule has 19 heavy (non-hydrogen) atoms. The third-order valence-corrected chi connectivity index (χ3v) is 2.41. The maximum atomic E-state index is 7.29. The van der Waals surface area contributed by atoms with E-state index in [4.69, 9.17) is 15.9 Å². The molecule has 0 aliphatic rings. The number of amidine groups is 1. The molecule has 0 atom stereocenters. The molecule has 0 unspecified atom stereocenters. The molecule has 0 bridgehead atoms. The fourth-order valence-corrected chi connectivity index (χ4v) is 1.46. The van der Waals surface area contributed by atoms with Crippen molar-refractivity contribution < 1.29 is 4.74 Å². The van der Waals surface area contributed by atoms with Crippen molar-refractivity contribution >= 4 is 30.6 Å². The SMILES string of the molecule is Cl.Cl.N=C(N)c1ccc(COc2ccccc2)cc1. The Labute approximate surface area is 125 Å². The lowest BCUT2D eigenvalue weighted by Gasteiger charge is -2.06. The summed E-state index contributed by atoms with van der Waals surface area (Å²) in [4.78, 5) is 0. The van der Waals surface area contributed by atoms with Crippen molar-refractivity contribution in [3.05, 3.63) is 65.7 Å². The van der Waals surface area contributed by atoms with Gasteiger partial charge in [0.1, 0.15) is 18.2 Å². The summed E-state index contributed by atoms with van der Waals surface area (Å²) in [5.74, 6) is 0.934. The molecule has 2 rings (SSSR count). The second-order valence-corrected chi connectivity index (χ2v) is 3.71. The number of nitrogens with two attached hydrogens (primary N) is 1. The number of halogens is 2. The molecule has 0 saturated carbocycles. The summed E-state index contributed by atoms with van der Waals surface area (Å²) in [6, 6.07) is 17.2. The lowest BCUT2D eigenvalue weighted by Crippen LogP contribution is -2.10. The van der Waals surface area contributed by atoms with E-state index in [1.165, 1.54) is 0 Å². The summed E-state index contributed by atoms with van der Waals surface area (Å²) in [5, 5.41) is 7.29. The summed E-state index contributed by atoms with van der Waals surface area (Å²) in [7, 11) is 0. The van der Waals surface area contributed by atoms with Crippen molar-refractivity contribution in [3.8, 4) is 5.75 Å². The normalized spacial score (nSPS) is 8.84. The minimum Gasteiger partial charge on any atom is -0.489 e. The fourth-order valence-electron chi connectivity index (χ4n) is 1.46. The van der Waals surface area contributed by atoms with Crippen LogP contribution in [0.25, 0.3) is 0 Å². The second-order valence-electron chi connectivity index (χ2n) is 3.71. The monoisotopic (exact) mass is 298 g/mol. The van der Waals surface area contributed by atoms with Crippen molar-refractivity contribution in [2.75, 3.05) is 0 Å². The Hall–Kier alpha value is -1.71. The third-order valence-electron chi connectivity index (χ3n) is 2.41. The zero-order valence-corrected chi connectivity index (χ0v) is 11.8. The molecular weight excluding hydrogens is 283 g/mol. The van der Waals surface area contributed by atoms with Gasteiger partial charge in [-0.15, -0.1) is 24.8 Å². The van der Waals surface area contributed by atoms with Gasteiger partial charge >= 0.3 is 0 Å². The van der Waals surface area contributed by atoms with Crippen LogP contribution in [0.4, 0.5) is 0 Å². The van der Waals surface area contributed by atoms with E-state index in [1.54, 1.807) is 0 Å². The molecule has 0 heterocycles. The van der Waals surface area contributed by atoms with Crippen LogP contribution in [-0.4, -0.2) is 5.84 Å². The van der Waals surface area contributed by atoms with Crippen molar-refractivity contribution in [1.29, 1.82) is 5.41 Å². The highest BCUT2D eigenvalue weighted by molar-refractivity contribution is 5.94. The molecule has 3 nitrogen and oxygen atoms in total. The molecule has 0 aromatic heterocycles. The van der Waals surface area contributed by atoms with Gasteiger partial charge in [0.15, 0.2) is 0 Å². The van der Waals surface area contributed by atoms with Gasteiger partial charge in [-0.3, -0.25) is 5.41 Å². The van der Waals surface area contributed by atoms with Crippen LogP contribution in [0.3, 0.4) is 0 Å². The number of para-hydroxylation sites is 1. The Bertz CT molecular complexity index is 501. The molecule has 0 aliphatic heterocycles. The minimum atomic E-state index is 0. The van der Waals surface area contributed by atoms with Crippen LogP contribution in [0.1, 0.15) is 11.1 Å². The number of nitrogens with one attached hydrogen (secondary N) is 1. The van der Waals surface area contributed by atoms with E-state index < -0.39 is 0 Å². The first kappa shape index (κ1) is 17.3. The molecule has 0 fully saturated rings.